The highest BCUT2D eigenvalue weighted by molar-refractivity contribution is 5.38. The van der Waals surface area contributed by atoms with Crippen LogP contribution in [-0.4, -0.2) is 26.5 Å². The van der Waals surface area contributed by atoms with Crippen molar-refractivity contribution in [3.05, 3.63) is 29.3 Å². The van der Waals surface area contributed by atoms with Gasteiger partial charge in [-0.05, 0) is 31.2 Å². The lowest BCUT2D eigenvalue weighted by Gasteiger charge is -2.26. The number of halogens is 4. The SMILES string of the molecule is CNC(c1ccc(OC)c(C)c1)C(F)(F)C(F)F. The van der Waals surface area contributed by atoms with Crippen molar-refractivity contribution in [1.29, 1.82) is 0 Å². The average Bonchev–Trinajstić information content (AvgIpc) is 2.29. The zero-order chi connectivity index (χ0) is 13.9. The molecule has 1 N–H and O–H groups in total. The Morgan fingerprint density at radius 1 is 1.28 bits per heavy atom. The fourth-order valence-electron chi connectivity index (χ4n) is 1.79. The molecule has 0 radical (unpaired) electrons. The minimum atomic E-state index is -4.13. The Kier molecular flexibility index (Phi) is 4.56. The quantitative estimate of drug-likeness (QED) is 0.826. The Labute approximate surface area is 103 Å². The lowest BCUT2D eigenvalue weighted by molar-refractivity contribution is -0.150. The minimum absolute atomic E-state index is 0.0982. The van der Waals surface area contributed by atoms with E-state index in [4.69, 9.17) is 4.74 Å². The highest BCUT2D eigenvalue weighted by Gasteiger charge is 2.48. The van der Waals surface area contributed by atoms with Crippen molar-refractivity contribution < 1.29 is 22.3 Å². The highest BCUT2D eigenvalue weighted by atomic mass is 19.3. The lowest BCUT2D eigenvalue weighted by atomic mass is 9.98. The van der Waals surface area contributed by atoms with Gasteiger partial charge in [-0.1, -0.05) is 12.1 Å². The molecule has 1 rings (SSSR count). The molecule has 0 aliphatic carbocycles. The van der Waals surface area contributed by atoms with Crippen LogP contribution < -0.4 is 10.1 Å². The van der Waals surface area contributed by atoms with E-state index in [1.165, 1.54) is 32.4 Å². The first-order chi connectivity index (χ1) is 8.34. The van der Waals surface area contributed by atoms with Crippen LogP contribution in [-0.2, 0) is 0 Å². The first-order valence-electron chi connectivity index (χ1n) is 5.32. The van der Waals surface area contributed by atoms with Crippen molar-refractivity contribution >= 4 is 0 Å². The van der Waals surface area contributed by atoms with Gasteiger partial charge in [-0.15, -0.1) is 0 Å². The molecule has 1 unspecified atom stereocenters. The van der Waals surface area contributed by atoms with E-state index in [0.717, 1.165) is 0 Å². The molecule has 0 bridgehead atoms. The number of aryl methyl sites for hydroxylation is 1. The molecule has 0 aliphatic rings. The summed E-state index contributed by atoms with van der Waals surface area (Å²) in [5.41, 5.74) is 0.710. The van der Waals surface area contributed by atoms with E-state index in [1.807, 2.05) is 0 Å². The molecule has 18 heavy (non-hydrogen) atoms. The number of hydrogen-bond acceptors (Lipinski definition) is 2. The van der Waals surface area contributed by atoms with Gasteiger partial charge in [0.15, 0.2) is 0 Å². The summed E-state index contributed by atoms with van der Waals surface area (Å²) in [4.78, 5) is 0. The van der Waals surface area contributed by atoms with Crippen LogP contribution in [0, 0.1) is 6.92 Å². The molecule has 0 aliphatic heterocycles. The summed E-state index contributed by atoms with van der Waals surface area (Å²) >= 11 is 0. The first-order valence-corrected chi connectivity index (χ1v) is 5.32. The summed E-state index contributed by atoms with van der Waals surface area (Å²) in [6.45, 7) is 1.66. The van der Waals surface area contributed by atoms with E-state index in [2.05, 4.69) is 5.32 Å². The van der Waals surface area contributed by atoms with Gasteiger partial charge in [-0.3, -0.25) is 0 Å². The summed E-state index contributed by atoms with van der Waals surface area (Å²) in [6.07, 6.45) is -3.72. The maximum atomic E-state index is 13.4. The van der Waals surface area contributed by atoms with Crippen molar-refractivity contribution in [2.75, 3.05) is 14.2 Å². The van der Waals surface area contributed by atoms with Gasteiger partial charge in [-0.2, -0.15) is 8.78 Å². The number of alkyl halides is 4. The van der Waals surface area contributed by atoms with E-state index in [0.29, 0.717) is 11.3 Å². The van der Waals surface area contributed by atoms with Gasteiger partial charge >= 0.3 is 12.3 Å². The number of nitrogens with one attached hydrogen (secondary N) is 1. The van der Waals surface area contributed by atoms with E-state index in [9.17, 15) is 17.6 Å². The molecule has 6 heteroatoms. The van der Waals surface area contributed by atoms with Crippen LogP contribution in [0.2, 0.25) is 0 Å². The highest BCUT2D eigenvalue weighted by Crippen LogP contribution is 2.37. The molecular formula is C12H15F4NO. The van der Waals surface area contributed by atoms with Crippen molar-refractivity contribution in [2.24, 2.45) is 0 Å². The van der Waals surface area contributed by atoms with Gasteiger partial charge in [-0.25, -0.2) is 8.78 Å². The molecule has 0 saturated heterocycles. The van der Waals surface area contributed by atoms with Gasteiger partial charge in [0.25, 0.3) is 0 Å². The van der Waals surface area contributed by atoms with Crippen LogP contribution in [0.4, 0.5) is 17.6 Å². The van der Waals surface area contributed by atoms with Crippen LogP contribution in [0.3, 0.4) is 0 Å². The van der Waals surface area contributed by atoms with Crippen LogP contribution in [0.15, 0.2) is 18.2 Å². The third-order valence-electron chi connectivity index (χ3n) is 2.72. The molecule has 1 atom stereocenters. The number of hydrogen-bond donors (Lipinski definition) is 1. The van der Waals surface area contributed by atoms with E-state index >= 15 is 0 Å². The maximum Gasteiger partial charge on any atom is 0.326 e. The van der Waals surface area contributed by atoms with Gasteiger partial charge in [0.1, 0.15) is 11.8 Å². The van der Waals surface area contributed by atoms with Gasteiger partial charge in [0, 0.05) is 0 Å². The smallest absolute Gasteiger partial charge is 0.326 e. The van der Waals surface area contributed by atoms with Gasteiger partial charge < -0.3 is 10.1 Å². The molecule has 1 aromatic rings. The lowest BCUT2D eigenvalue weighted by Crippen LogP contribution is -2.41. The van der Waals surface area contributed by atoms with Crippen molar-refractivity contribution in [2.45, 2.75) is 25.3 Å². The summed E-state index contributed by atoms with van der Waals surface area (Å²) < 4.78 is 56.5. The van der Waals surface area contributed by atoms with Crippen LogP contribution >= 0.6 is 0 Å². The second-order valence-electron chi connectivity index (χ2n) is 3.93. The monoisotopic (exact) mass is 265 g/mol. The van der Waals surface area contributed by atoms with Crippen molar-refractivity contribution in [3.63, 3.8) is 0 Å². The molecule has 1 aromatic carbocycles. The second kappa shape index (κ2) is 5.56. The molecule has 0 aromatic heterocycles. The Hall–Kier alpha value is -1.30. The zero-order valence-corrected chi connectivity index (χ0v) is 10.3. The first kappa shape index (κ1) is 14.8. The van der Waals surface area contributed by atoms with E-state index < -0.39 is 18.4 Å². The Balaban J connectivity index is 3.14. The van der Waals surface area contributed by atoms with Crippen molar-refractivity contribution in [1.82, 2.24) is 5.32 Å². The standard InChI is InChI=1S/C12H15F4NO/c1-7-6-8(4-5-9(7)18-3)10(17-2)12(15,16)11(13)14/h4-6,10-11,17H,1-3H3. The van der Waals surface area contributed by atoms with Gasteiger partial charge in [0.05, 0.1) is 7.11 Å². The molecule has 0 amide bonds. The molecule has 2 nitrogen and oxygen atoms in total. The van der Waals surface area contributed by atoms with E-state index in [1.54, 1.807) is 6.92 Å². The Morgan fingerprint density at radius 3 is 2.28 bits per heavy atom. The maximum absolute atomic E-state index is 13.4. The molecule has 0 spiro atoms. The third-order valence-corrected chi connectivity index (χ3v) is 2.72. The van der Waals surface area contributed by atoms with Crippen LogP contribution in [0.1, 0.15) is 17.2 Å². The fraction of sp³-hybridized carbons (Fsp3) is 0.500. The predicted octanol–water partition coefficient (Wildman–Crippen LogP) is 3.16. The Morgan fingerprint density at radius 2 is 1.89 bits per heavy atom. The van der Waals surface area contributed by atoms with Crippen LogP contribution in [0.5, 0.6) is 5.75 Å². The Bertz CT molecular complexity index is 409. The summed E-state index contributed by atoms with van der Waals surface area (Å²) in [6, 6.07) is 2.51. The zero-order valence-electron chi connectivity index (χ0n) is 10.3. The average molecular weight is 265 g/mol. The normalized spacial score (nSPS) is 13.8. The number of rotatable bonds is 5. The number of benzene rings is 1. The molecular weight excluding hydrogens is 250 g/mol. The van der Waals surface area contributed by atoms with Gasteiger partial charge in [0.2, 0.25) is 0 Å². The van der Waals surface area contributed by atoms with Crippen molar-refractivity contribution in [3.8, 4) is 5.75 Å². The second-order valence-corrected chi connectivity index (χ2v) is 3.93. The largest absolute Gasteiger partial charge is 0.496 e. The predicted molar refractivity (Wildman–Crippen MR) is 60.5 cm³/mol. The fourth-order valence-corrected chi connectivity index (χ4v) is 1.79. The number of methoxy groups -OCH3 is 1. The van der Waals surface area contributed by atoms with E-state index in [-0.39, 0.29) is 5.56 Å². The minimum Gasteiger partial charge on any atom is -0.496 e. The molecule has 102 valence electrons. The topological polar surface area (TPSA) is 21.3 Å². The molecule has 0 fully saturated rings. The molecule has 0 saturated carbocycles. The summed E-state index contributed by atoms with van der Waals surface area (Å²) in [5.74, 6) is -3.61. The summed E-state index contributed by atoms with van der Waals surface area (Å²) in [7, 11) is 2.67. The molecule has 0 heterocycles. The summed E-state index contributed by atoms with van der Waals surface area (Å²) in [5, 5.41) is 2.23. The van der Waals surface area contributed by atoms with Crippen LogP contribution in [0.25, 0.3) is 0 Å². The third kappa shape index (κ3) is 2.75. The number of ether oxygens (including phenoxy) is 1.